The molecule has 2 aliphatic rings. The molecule has 2 aliphatic heterocycles. The van der Waals surface area contributed by atoms with Crippen LogP contribution in [0.4, 0.5) is 0 Å². The average Bonchev–Trinajstić information content (AvgIpc) is 3.18. The van der Waals surface area contributed by atoms with Gasteiger partial charge < -0.3 is 19.7 Å². The molecule has 3 rings (SSSR count). The van der Waals surface area contributed by atoms with Gasteiger partial charge in [0.15, 0.2) is 5.96 Å². The van der Waals surface area contributed by atoms with E-state index in [2.05, 4.69) is 39.2 Å². The summed E-state index contributed by atoms with van der Waals surface area (Å²) in [5, 5.41) is 3.58. The molecule has 3 atom stereocenters. The zero-order chi connectivity index (χ0) is 21.5. The van der Waals surface area contributed by atoms with E-state index < -0.39 is 0 Å². The molecule has 2 saturated heterocycles. The monoisotopic (exact) mass is 544 g/mol. The van der Waals surface area contributed by atoms with Crippen LogP contribution in [-0.4, -0.2) is 75.7 Å². The van der Waals surface area contributed by atoms with Crippen LogP contribution in [0.3, 0.4) is 0 Å². The zero-order valence-corrected chi connectivity index (χ0v) is 21.5. The van der Waals surface area contributed by atoms with Crippen LogP contribution in [0.1, 0.15) is 37.8 Å². The minimum atomic E-state index is -0.134. The van der Waals surface area contributed by atoms with E-state index >= 15 is 0 Å². The van der Waals surface area contributed by atoms with Gasteiger partial charge in [0.25, 0.3) is 0 Å². The number of nitrogens with zero attached hydrogens (tertiary/aromatic N) is 3. The summed E-state index contributed by atoms with van der Waals surface area (Å²) >= 11 is 0. The normalized spacial score (nSPS) is 23.1. The van der Waals surface area contributed by atoms with Crippen molar-refractivity contribution in [1.29, 1.82) is 0 Å². The van der Waals surface area contributed by atoms with Gasteiger partial charge >= 0.3 is 5.97 Å². The number of esters is 1. The molecular formula is C23H37IN4O3. The fourth-order valence-electron chi connectivity index (χ4n) is 4.63. The van der Waals surface area contributed by atoms with Gasteiger partial charge in [-0.05, 0) is 49.5 Å². The van der Waals surface area contributed by atoms with Crippen LogP contribution in [0.5, 0.6) is 5.75 Å². The van der Waals surface area contributed by atoms with E-state index in [9.17, 15) is 4.79 Å². The molecule has 2 heterocycles. The molecule has 0 radical (unpaired) electrons. The van der Waals surface area contributed by atoms with E-state index in [0.29, 0.717) is 6.54 Å². The lowest BCUT2D eigenvalue weighted by Crippen LogP contribution is -2.45. The Hall–Kier alpha value is -1.55. The molecule has 0 spiro atoms. The van der Waals surface area contributed by atoms with E-state index in [1.54, 1.807) is 7.11 Å². The number of carbonyl (C=O) groups is 1. The van der Waals surface area contributed by atoms with Gasteiger partial charge in [-0.3, -0.25) is 14.7 Å². The first-order chi connectivity index (χ1) is 14.6. The van der Waals surface area contributed by atoms with Crippen molar-refractivity contribution in [1.82, 2.24) is 15.1 Å². The second kappa shape index (κ2) is 12.5. The molecular weight excluding hydrogens is 507 g/mol. The number of piperidine rings is 1. The maximum absolute atomic E-state index is 12.1. The Bertz CT molecular complexity index is 722. The number of methoxy groups -OCH3 is 2. The van der Waals surface area contributed by atoms with Crippen molar-refractivity contribution < 1.29 is 14.3 Å². The molecule has 7 nitrogen and oxygen atoms in total. The van der Waals surface area contributed by atoms with E-state index in [4.69, 9.17) is 9.47 Å². The highest BCUT2D eigenvalue weighted by atomic mass is 127. The number of carbonyl (C=O) groups excluding carboxylic acids is 1. The third kappa shape index (κ3) is 6.47. The summed E-state index contributed by atoms with van der Waals surface area (Å²) in [5.41, 5.74) is 1.28. The van der Waals surface area contributed by atoms with E-state index in [0.717, 1.165) is 37.9 Å². The summed E-state index contributed by atoms with van der Waals surface area (Å²) in [6.07, 6.45) is 3.79. The van der Waals surface area contributed by atoms with E-state index in [-0.39, 0.29) is 47.8 Å². The third-order valence-electron chi connectivity index (χ3n) is 6.41. The average molecular weight is 544 g/mol. The second-order valence-electron chi connectivity index (χ2n) is 8.33. The number of hydrogen-bond donors (Lipinski definition) is 1. The summed E-state index contributed by atoms with van der Waals surface area (Å²) in [5.74, 6) is 1.73. The number of aliphatic imine (C=N–C) groups is 1. The predicted octanol–water partition coefficient (Wildman–Crippen LogP) is 3.16. The van der Waals surface area contributed by atoms with Gasteiger partial charge in [-0.2, -0.15) is 0 Å². The molecule has 3 unspecified atom stereocenters. The van der Waals surface area contributed by atoms with Gasteiger partial charge in [-0.1, -0.05) is 25.5 Å². The van der Waals surface area contributed by atoms with Crippen molar-refractivity contribution in [3.63, 3.8) is 0 Å². The molecule has 0 saturated carbocycles. The molecule has 1 aromatic rings. The van der Waals surface area contributed by atoms with Crippen LogP contribution in [0.25, 0.3) is 0 Å². The van der Waals surface area contributed by atoms with Crippen molar-refractivity contribution in [2.75, 3.05) is 54.0 Å². The lowest BCUT2D eigenvalue weighted by molar-refractivity contribution is -0.145. The number of ether oxygens (including phenoxy) is 2. The van der Waals surface area contributed by atoms with Crippen LogP contribution in [0.15, 0.2) is 29.3 Å². The third-order valence-corrected chi connectivity index (χ3v) is 6.41. The Morgan fingerprint density at radius 1 is 1.16 bits per heavy atom. The maximum atomic E-state index is 12.1. The summed E-state index contributed by atoms with van der Waals surface area (Å²) in [4.78, 5) is 21.3. The lowest BCUT2D eigenvalue weighted by Gasteiger charge is -2.36. The summed E-state index contributed by atoms with van der Waals surface area (Å²) < 4.78 is 10.3. The summed E-state index contributed by atoms with van der Waals surface area (Å²) in [6.45, 7) is 6.54. The SMILES string of the molecule is CN=C(NCC(c1ccc(OC)cc1)N1CCCCC1)N1CC(C)C(C(=O)OC)C1.I. The molecule has 2 fully saturated rings. The van der Waals surface area contributed by atoms with Crippen LogP contribution in [0, 0.1) is 11.8 Å². The number of hydrogen-bond acceptors (Lipinski definition) is 5. The Morgan fingerprint density at radius 2 is 1.84 bits per heavy atom. The molecule has 0 aliphatic carbocycles. The highest BCUT2D eigenvalue weighted by molar-refractivity contribution is 14.0. The molecule has 1 N–H and O–H groups in total. The van der Waals surface area contributed by atoms with Crippen LogP contribution in [0.2, 0.25) is 0 Å². The standard InChI is InChI=1S/C23H36N4O3.HI/c1-17-15-27(16-20(17)22(28)30-4)23(24-2)25-14-21(26-12-6-5-7-13-26)18-8-10-19(29-3)11-9-18;/h8-11,17,20-21H,5-7,12-16H2,1-4H3,(H,24,25);1H. The summed E-state index contributed by atoms with van der Waals surface area (Å²) in [7, 11) is 4.96. The van der Waals surface area contributed by atoms with Gasteiger partial charge in [-0.15, -0.1) is 24.0 Å². The number of guanidine groups is 1. The zero-order valence-electron chi connectivity index (χ0n) is 19.2. The van der Waals surface area contributed by atoms with Gasteiger partial charge in [0.2, 0.25) is 0 Å². The smallest absolute Gasteiger partial charge is 0.310 e. The molecule has 0 bridgehead atoms. The van der Waals surface area contributed by atoms with Crippen LogP contribution in [-0.2, 0) is 9.53 Å². The second-order valence-corrected chi connectivity index (χ2v) is 8.33. The largest absolute Gasteiger partial charge is 0.497 e. The molecule has 0 aromatic heterocycles. The Balaban J connectivity index is 0.00000341. The van der Waals surface area contributed by atoms with Crippen molar-refractivity contribution in [2.45, 2.75) is 32.2 Å². The van der Waals surface area contributed by atoms with Crippen LogP contribution >= 0.6 is 24.0 Å². The molecule has 174 valence electrons. The summed E-state index contributed by atoms with van der Waals surface area (Å²) in [6, 6.07) is 8.65. The first kappa shape index (κ1) is 25.7. The highest BCUT2D eigenvalue weighted by Gasteiger charge is 2.37. The number of halogens is 1. The fourth-order valence-corrected chi connectivity index (χ4v) is 4.63. The molecule has 31 heavy (non-hydrogen) atoms. The minimum Gasteiger partial charge on any atom is -0.497 e. The van der Waals surface area contributed by atoms with Gasteiger partial charge in [0.05, 0.1) is 26.2 Å². The number of nitrogens with one attached hydrogen (secondary N) is 1. The topological polar surface area (TPSA) is 66.4 Å². The van der Waals surface area contributed by atoms with Gasteiger partial charge in [0, 0.05) is 26.7 Å². The predicted molar refractivity (Wildman–Crippen MR) is 134 cm³/mol. The maximum Gasteiger partial charge on any atom is 0.310 e. The quantitative estimate of drug-likeness (QED) is 0.257. The fraction of sp³-hybridized carbons (Fsp3) is 0.652. The number of benzene rings is 1. The van der Waals surface area contributed by atoms with Gasteiger partial charge in [0.1, 0.15) is 5.75 Å². The molecule has 8 heteroatoms. The Labute approximate surface area is 203 Å². The first-order valence-corrected chi connectivity index (χ1v) is 11.0. The highest BCUT2D eigenvalue weighted by Crippen LogP contribution is 2.27. The van der Waals surface area contributed by atoms with Crippen LogP contribution < -0.4 is 10.1 Å². The Morgan fingerprint density at radius 3 is 2.42 bits per heavy atom. The Kier molecular flexibility index (Phi) is 10.3. The van der Waals surface area contributed by atoms with Crippen molar-refractivity contribution in [3.8, 4) is 5.75 Å². The van der Waals surface area contributed by atoms with Crippen molar-refractivity contribution in [2.24, 2.45) is 16.8 Å². The number of likely N-dealkylation sites (tertiary alicyclic amines) is 2. The first-order valence-electron chi connectivity index (χ1n) is 11.0. The van der Waals surface area contributed by atoms with Crippen molar-refractivity contribution in [3.05, 3.63) is 29.8 Å². The van der Waals surface area contributed by atoms with E-state index in [1.165, 1.54) is 31.9 Å². The number of rotatable bonds is 6. The van der Waals surface area contributed by atoms with Gasteiger partial charge in [-0.25, -0.2) is 0 Å². The molecule has 1 aromatic carbocycles. The minimum absolute atomic E-state index is 0. The van der Waals surface area contributed by atoms with E-state index in [1.807, 2.05) is 19.2 Å². The lowest BCUT2D eigenvalue weighted by atomic mass is 9.99. The van der Waals surface area contributed by atoms with Crippen molar-refractivity contribution >= 4 is 35.9 Å². The molecule has 0 amide bonds.